The van der Waals surface area contributed by atoms with E-state index >= 15 is 0 Å². The predicted molar refractivity (Wildman–Crippen MR) is 88.4 cm³/mol. The van der Waals surface area contributed by atoms with Crippen molar-refractivity contribution in [2.24, 2.45) is 5.92 Å². The smallest absolute Gasteiger partial charge is 0.327 e. The van der Waals surface area contributed by atoms with Crippen molar-refractivity contribution >= 4 is 16.7 Å². The minimum atomic E-state index is -0.983. The van der Waals surface area contributed by atoms with Gasteiger partial charge in [-0.1, -0.05) is 46.8 Å². The average molecular weight is 301 g/mol. The number of fused-ring (bicyclic) bond motifs is 1. The van der Waals surface area contributed by atoms with Crippen LogP contribution in [0.1, 0.15) is 46.2 Å². The quantitative estimate of drug-likeness (QED) is 0.942. The first-order valence-corrected chi connectivity index (χ1v) is 7.51. The van der Waals surface area contributed by atoms with Crippen LogP contribution in [0.25, 0.3) is 10.8 Å². The summed E-state index contributed by atoms with van der Waals surface area (Å²) >= 11 is 0. The normalized spacial score (nSPS) is 13.5. The van der Waals surface area contributed by atoms with Crippen LogP contribution >= 0.6 is 0 Å². The topological polar surface area (TPSA) is 59.3 Å². The average Bonchev–Trinajstić information content (AvgIpc) is 2.39. The van der Waals surface area contributed by atoms with Gasteiger partial charge in [0.15, 0.2) is 0 Å². The van der Waals surface area contributed by atoms with Crippen LogP contribution in [0.4, 0.5) is 0 Å². The fraction of sp³-hybridized carbons (Fsp3) is 0.444. The maximum atomic E-state index is 12.8. The van der Waals surface area contributed by atoms with Crippen LogP contribution in [0.15, 0.2) is 35.3 Å². The van der Waals surface area contributed by atoms with Crippen LogP contribution in [-0.2, 0) is 10.2 Å². The van der Waals surface area contributed by atoms with Gasteiger partial charge in [-0.15, -0.1) is 0 Å². The fourth-order valence-corrected chi connectivity index (χ4v) is 2.67. The van der Waals surface area contributed by atoms with Gasteiger partial charge in [0.2, 0.25) is 0 Å². The number of carboxylic acid groups (broad SMARTS) is 1. The van der Waals surface area contributed by atoms with E-state index in [0.717, 1.165) is 10.9 Å². The molecule has 1 N–H and O–H groups in total. The summed E-state index contributed by atoms with van der Waals surface area (Å²) in [5.74, 6) is -1.15. The number of carboxylic acids is 1. The maximum absolute atomic E-state index is 12.8. The van der Waals surface area contributed by atoms with Crippen LogP contribution in [-0.4, -0.2) is 15.6 Å². The summed E-state index contributed by atoms with van der Waals surface area (Å²) in [6.45, 7) is 9.87. The Balaban J connectivity index is 2.72. The molecule has 0 aliphatic carbocycles. The van der Waals surface area contributed by atoms with Crippen LogP contribution < -0.4 is 5.56 Å². The lowest BCUT2D eigenvalue weighted by molar-refractivity contribution is -0.142. The molecule has 4 heteroatoms. The molecule has 0 bridgehead atoms. The van der Waals surface area contributed by atoms with Gasteiger partial charge in [-0.3, -0.25) is 4.79 Å². The highest BCUT2D eigenvalue weighted by Gasteiger charge is 2.25. The molecule has 1 aromatic heterocycles. The molecule has 0 fully saturated rings. The molecule has 0 radical (unpaired) electrons. The Kier molecular flexibility index (Phi) is 4.14. The number of aliphatic carboxylic acids is 1. The number of rotatable bonds is 3. The van der Waals surface area contributed by atoms with Gasteiger partial charge in [0, 0.05) is 11.6 Å². The Hall–Kier alpha value is -2.10. The highest BCUT2D eigenvalue weighted by molar-refractivity contribution is 5.83. The highest BCUT2D eigenvalue weighted by atomic mass is 16.4. The van der Waals surface area contributed by atoms with Crippen LogP contribution in [0.5, 0.6) is 0 Å². The summed E-state index contributed by atoms with van der Waals surface area (Å²) in [7, 11) is 0. The maximum Gasteiger partial charge on any atom is 0.327 e. The third kappa shape index (κ3) is 2.91. The van der Waals surface area contributed by atoms with Gasteiger partial charge in [0.05, 0.1) is 0 Å². The monoisotopic (exact) mass is 301 g/mol. The molecule has 1 aromatic carbocycles. The summed E-state index contributed by atoms with van der Waals surface area (Å²) in [5, 5.41) is 10.8. The second-order valence-corrected chi connectivity index (χ2v) is 7.11. The molecule has 2 aromatic rings. The molecule has 1 unspecified atom stereocenters. The van der Waals surface area contributed by atoms with Gasteiger partial charge in [0.1, 0.15) is 6.04 Å². The molecule has 2 rings (SSSR count). The second-order valence-electron chi connectivity index (χ2n) is 7.11. The van der Waals surface area contributed by atoms with E-state index < -0.39 is 12.0 Å². The molecular formula is C18H23NO3. The first-order chi connectivity index (χ1) is 10.1. The van der Waals surface area contributed by atoms with Crippen LogP contribution in [0.3, 0.4) is 0 Å². The molecule has 0 saturated carbocycles. The summed E-state index contributed by atoms with van der Waals surface area (Å²) in [4.78, 5) is 24.3. The van der Waals surface area contributed by atoms with E-state index in [1.54, 1.807) is 20.0 Å². The zero-order chi connectivity index (χ0) is 16.7. The fourth-order valence-electron chi connectivity index (χ4n) is 2.67. The third-order valence-electron chi connectivity index (χ3n) is 3.98. The molecule has 0 saturated heterocycles. The first kappa shape index (κ1) is 16.3. The number of hydrogen-bond donors (Lipinski definition) is 1. The van der Waals surface area contributed by atoms with E-state index in [-0.39, 0.29) is 16.9 Å². The van der Waals surface area contributed by atoms with Gasteiger partial charge in [0.25, 0.3) is 5.56 Å². The van der Waals surface area contributed by atoms with E-state index in [4.69, 9.17) is 0 Å². The first-order valence-electron chi connectivity index (χ1n) is 7.51. The van der Waals surface area contributed by atoms with Crippen molar-refractivity contribution in [1.82, 2.24) is 4.57 Å². The van der Waals surface area contributed by atoms with Crippen molar-refractivity contribution in [3.05, 3.63) is 46.4 Å². The summed E-state index contributed by atoms with van der Waals surface area (Å²) < 4.78 is 1.34. The van der Waals surface area contributed by atoms with Crippen molar-refractivity contribution in [2.75, 3.05) is 0 Å². The summed E-state index contributed by atoms with van der Waals surface area (Å²) in [5.41, 5.74) is 0.752. The molecule has 0 aliphatic heterocycles. The highest BCUT2D eigenvalue weighted by Crippen LogP contribution is 2.25. The Morgan fingerprint density at radius 1 is 1.18 bits per heavy atom. The van der Waals surface area contributed by atoms with E-state index in [9.17, 15) is 14.7 Å². The number of benzene rings is 1. The zero-order valence-corrected chi connectivity index (χ0v) is 13.8. The Morgan fingerprint density at radius 2 is 1.82 bits per heavy atom. The molecule has 4 nitrogen and oxygen atoms in total. The number of carbonyl (C=O) groups is 1. The molecule has 0 spiro atoms. The van der Waals surface area contributed by atoms with E-state index in [2.05, 4.69) is 20.8 Å². The van der Waals surface area contributed by atoms with Gasteiger partial charge >= 0.3 is 5.97 Å². The van der Waals surface area contributed by atoms with Crippen molar-refractivity contribution < 1.29 is 9.90 Å². The summed E-state index contributed by atoms with van der Waals surface area (Å²) in [6.07, 6.45) is 1.58. The van der Waals surface area contributed by atoms with Crippen LogP contribution in [0, 0.1) is 5.92 Å². The van der Waals surface area contributed by atoms with E-state index in [1.165, 1.54) is 4.57 Å². The number of aromatic nitrogens is 1. The van der Waals surface area contributed by atoms with Gasteiger partial charge in [-0.2, -0.15) is 0 Å². The molecule has 118 valence electrons. The van der Waals surface area contributed by atoms with Gasteiger partial charge in [-0.25, -0.2) is 4.79 Å². The minimum absolute atomic E-state index is 0.0639. The van der Waals surface area contributed by atoms with Crippen molar-refractivity contribution in [2.45, 2.75) is 46.1 Å². The van der Waals surface area contributed by atoms with Crippen molar-refractivity contribution in [3.63, 3.8) is 0 Å². The number of hydrogen-bond acceptors (Lipinski definition) is 2. The Bertz CT molecular complexity index is 766. The second kappa shape index (κ2) is 5.59. The predicted octanol–water partition coefficient (Wildman–Crippen LogP) is 3.58. The molecule has 22 heavy (non-hydrogen) atoms. The lowest BCUT2D eigenvalue weighted by Crippen LogP contribution is -2.32. The van der Waals surface area contributed by atoms with Crippen molar-refractivity contribution in [1.29, 1.82) is 0 Å². The van der Waals surface area contributed by atoms with E-state index in [1.807, 2.05) is 24.3 Å². The zero-order valence-electron chi connectivity index (χ0n) is 13.8. The summed E-state index contributed by atoms with van der Waals surface area (Å²) in [6, 6.07) is 6.78. The van der Waals surface area contributed by atoms with Gasteiger partial charge < -0.3 is 9.67 Å². The van der Waals surface area contributed by atoms with Crippen LogP contribution in [0.2, 0.25) is 0 Å². The SMILES string of the molecule is CC(C)C(C(=O)O)n1ccc2ccc(C(C)(C)C)cc2c1=O. The Morgan fingerprint density at radius 3 is 2.32 bits per heavy atom. The van der Waals surface area contributed by atoms with Crippen molar-refractivity contribution in [3.8, 4) is 0 Å². The molecule has 1 atom stereocenters. The molecular weight excluding hydrogens is 278 g/mol. The molecule has 1 heterocycles. The number of nitrogens with zero attached hydrogens (tertiary/aromatic N) is 1. The number of pyridine rings is 1. The lowest BCUT2D eigenvalue weighted by atomic mass is 9.86. The van der Waals surface area contributed by atoms with Gasteiger partial charge in [-0.05, 0) is 34.4 Å². The van der Waals surface area contributed by atoms with E-state index in [0.29, 0.717) is 5.39 Å². The Labute approximate surface area is 130 Å². The molecule has 0 aliphatic rings. The molecule has 0 amide bonds. The largest absolute Gasteiger partial charge is 0.480 e. The lowest BCUT2D eigenvalue weighted by Gasteiger charge is -2.21. The third-order valence-corrected chi connectivity index (χ3v) is 3.98. The minimum Gasteiger partial charge on any atom is -0.480 e. The standard InChI is InChI=1S/C18H23NO3/c1-11(2)15(17(21)22)19-9-8-12-6-7-13(18(3,4)5)10-14(12)16(19)20/h6-11,15H,1-5H3,(H,21,22).